The summed E-state index contributed by atoms with van der Waals surface area (Å²) < 4.78 is -0.617. The Morgan fingerprint density at radius 1 is 1.10 bits per heavy atom. The van der Waals surface area contributed by atoms with Crippen molar-refractivity contribution in [2.24, 2.45) is 4.99 Å². The number of amidine groups is 1. The van der Waals surface area contributed by atoms with Crippen molar-refractivity contribution in [3.05, 3.63) is 60.2 Å². The zero-order chi connectivity index (χ0) is 14.3. The van der Waals surface area contributed by atoms with Gasteiger partial charge in [0.2, 0.25) is 5.91 Å². The van der Waals surface area contributed by atoms with E-state index in [9.17, 15) is 4.79 Å². The normalized spacial score (nSPS) is 22.9. The van der Waals surface area contributed by atoms with Gasteiger partial charge in [0.25, 0.3) is 0 Å². The molecule has 1 atom stereocenters. The molecule has 0 fully saturated rings. The van der Waals surface area contributed by atoms with Crippen molar-refractivity contribution in [3.63, 3.8) is 0 Å². The van der Waals surface area contributed by atoms with Crippen LogP contribution in [0.1, 0.15) is 5.56 Å². The van der Waals surface area contributed by atoms with Gasteiger partial charge in [-0.05, 0) is 18.2 Å². The van der Waals surface area contributed by atoms with Gasteiger partial charge in [-0.3, -0.25) is 9.79 Å². The van der Waals surface area contributed by atoms with E-state index in [-0.39, 0.29) is 5.91 Å². The van der Waals surface area contributed by atoms with E-state index < -0.39 is 4.75 Å². The van der Waals surface area contributed by atoms with E-state index in [1.165, 1.54) is 11.8 Å². The second kappa shape index (κ2) is 4.63. The van der Waals surface area contributed by atoms with Gasteiger partial charge in [0.05, 0.1) is 6.54 Å². The Morgan fingerprint density at radius 3 is 2.71 bits per heavy atom. The van der Waals surface area contributed by atoms with E-state index >= 15 is 0 Å². The zero-order valence-electron chi connectivity index (χ0n) is 11.2. The smallest absolute Gasteiger partial charge is 0.247 e. The molecule has 4 nitrogen and oxygen atoms in total. The highest BCUT2D eigenvalue weighted by molar-refractivity contribution is 8.15. The lowest BCUT2D eigenvalue weighted by Gasteiger charge is -2.19. The number of hydrogen-bond donors (Lipinski definition) is 2. The van der Waals surface area contributed by atoms with Gasteiger partial charge in [-0.1, -0.05) is 48.2 Å². The number of nitrogens with zero attached hydrogens (tertiary/aromatic N) is 1. The van der Waals surface area contributed by atoms with Crippen LogP contribution in [0.3, 0.4) is 0 Å². The third-order valence-corrected chi connectivity index (χ3v) is 5.03. The second-order valence-electron chi connectivity index (χ2n) is 5.04. The summed E-state index contributed by atoms with van der Waals surface area (Å²) in [6.45, 7) is 0.468. The first kappa shape index (κ1) is 12.5. The Kier molecular flexibility index (Phi) is 2.75. The number of amides is 1. The SMILES string of the molecule is O=C1Nc2ccccc2[C@]12CN=C(Nc1ccccc1)S2. The minimum absolute atomic E-state index is 0.0160. The molecular weight excluding hydrogens is 282 g/mol. The highest BCUT2D eigenvalue weighted by Gasteiger charge is 2.51. The summed E-state index contributed by atoms with van der Waals surface area (Å²) in [6, 6.07) is 17.7. The van der Waals surface area contributed by atoms with Crippen LogP contribution in [0.15, 0.2) is 59.6 Å². The van der Waals surface area contributed by atoms with Gasteiger partial charge in [0.15, 0.2) is 5.17 Å². The molecule has 2 aromatic rings. The molecule has 0 saturated carbocycles. The number of carbonyl (C=O) groups is 1. The summed E-state index contributed by atoms with van der Waals surface area (Å²) in [5.74, 6) is 0.0160. The number of anilines is 2. The lowest BCUT2D eigenvalue weighted by atomic mass is 10.00. The van der Waals surface area contributed by atoms with E-state index in [0.717, 1.165) is 22.1 Å². The van der Waals surface area contributed by atoms with Gasteiger partial charge in [0, 0.05) is 16.9 Å². The highest BCUT2D eigenvalue weighted by Crippen LogP contribution is 2.49. The Morgan fingerprint density at radius 2 is 1.86 bits per heavy atom. The van der Waals surface area contributed by atoms with Crippen molar-refractivity contribution >= 4 is 34.2 Å². The molecule has 104 valence electrons. The summed E-state index contributed by atoms with van der Waals surface area (Å²) in [4.78, 5) is 16.9. The third-order valence-electron chi connectivity index (χ3n) is 3.72. The second-order valence-corrected chi connectivity index (χ2v) is 6.33. The number of fused-ring (bicyclic) bond motifs is 2. The molecule has 2 heterocycles. The molecule has 2 aliphatic heterocycles. The summed E-state index contributed by atoms with van der Waals surface area (Å²) in [5, 5.41) is 7.02. The first-order valence-electron chi connectivity index (χ1n) is 6.74. The molecule has 0 unspecified atom stereocenters. The summed E-state index contributed by atoms with van der Waals surface area (Å²) >= 11 is 1.49. The average Bonchev–Trinajstić information content (AvgIpc) is 3.05. The molecular formula is C16H13N3OS. The molecule has 2 aromatic carbocycles. The fourth-order valence-corrected chi connectivity index (χ4v) is 3.86. The molecule has 0 bridgehead atoms. The number of hydrogen-bond acceptors (Lipinski definition) is 4. The van der Waals surface area contributed by atoms with Crippen LogP contribution in [0, 0.1) is 0 Å². The predicted molar refractivity (Wildman–Crippen MR) is 86.7 cm³/mol. The van der Waals surface area contributed by atoms with Gasteiger partial charge in [0.1, 0.15) is 4.75 Å². The highest BCUT2D eigenvalue weighted by atomic mass is 32.2. The van der Waals surface area contributed by atoms with Crippen LogP contribution >= 0.6 is 11.8 Å². The maximum absolute atomic E-state index is 12.4. The van der Waals surface area contributed by atoms with Crippen molar-refractivity contribution in [2.75, 3.05) is 17.2 Å². The topological polar surface area (TPSA) is 53.5 Å². The minimum Gasteiger partial charge on any atom is -0.335 e. The predicted octanol–water partition coefficient (Wildman–Crippen LogP) is 3.05. The number of para-hydroxylation sites is 2. The first-order valence-corrected chi connectivity index (χ1v) is 7.56. The molecule has 4 rings (SSSR count). The fourth-order valence-electron chi connectivity index (χ4n) is 2.67. The van der Waals surface area contributed by atoms with Crippen LogP contribution in [-0.4, -0.2) is 17.6 Å². The molecule has 0 aromatic heterocycles. The van der Waals surface area contributed by atoms with Gasteiger partial charge >= 0.3 is 0 Å². The number of rotatable bonds is 1. The Bertz CT molecular complexity index is 744. The van der Waals surface area contributed by atoms with Crippen molar-refractivity contribution in [1.29, 1.82) is 0 Å². The van der Waals surface area contributed by atoms with Crippen LogP contribution in [0.2, 0.25) is 0 Å². The number of aliphatic imine (C=N–C) groups is 1. The van der Waals surface area contributed by atoms with Crippen LogP contribution in [0.4, 0.5) is 11.4 Å². The number of carbonyl (C=O) groups excluding carboxylic acids is 1. The summed E-state index contributed by atoms with van der Waals surface area (Å²) in [6.07, 6.45) is 0. The van der Waals surface area contributed by atoms with Gasteiger partial charge in [-0.25, -0.2) is 0 Å². The van der Waals surface area contributed by atoms with Gasteiger partial charge in [-0.15, -0.1) is 0 Å². The maximum Gasteiger partial charge on any atom is 0.247 e. The van der Waals surface area contributed by atoms with Crippen molar-refractivity contribution in [1.82, 2.24) is 0 Å². The van der Waals surface area contributed by atoms with E-state index in [4.69, 9.17) is 0 Å². The van der Waals surface area contributed by atoms with E-state index in [1.807, 2.05) is 54.6 Å². The molecule has 1 spiro atoms. The molecule has 2 N–H and O–H groups in total. The van der Waals surface area contributed by atoms with E-state index in [1.54, 1.807) is 0 Å². The van der Waals surface area contributed by atoms with E-state index in [2.05, 4.69) is 15.6 Å². The molecule has 5 heteroatoms. The maximum atomic E-state index is 12.4. The van der Waals surface area contributed by atoms with Crippen molar-refractivity contribution in [2.45, 2.75) is 4.75 Å². The molecule has 21 heavy (non-hydrogen) atoms. The summed E-state index contributed by atoms with van der Waals surface area (Å²) in [7, 11) is 0. The largest absolute Gasteiger partial charge is 0.335 e. The van der Waals surface area contributed by atoms with Crippen LogP contribution in [0.25, 0.3) is 0 Å². The quantitative estimate of drug-likeness (QED) is 0.850. The Balaban J connectivity index is 1.62. The molecule has 0 aliphatic carbocycles. The Hall–Kier alpha value is -2.27. The van der Waals surface area contributed by atoms with Crippen LogP contribution < -0.4 is 10.6 Å². The number of benzene rings is 2. The van der Waals surface area contributed by atoms with Crippen LogP contribution in [-0.2, 0) is 9.54 Å². The Labute approximate surface area is 126 Å². The van der Waals surface area contributed by atoms with E-state index in [0.29, 0.717) is 6.54 Å². The molecule has 1 amide bonds. The lowest BCUT2D eigenvalue weighted by Crippen LogP contribution is -2.32. The minimum atomic E-state index is -0.617. The first-order chi connectivity index (χ1) is 10.3. The number of nitrogens with one attached hydrogen (secondary N) is 2. The lowest BCUT2D eigenvalue weighted by molar-refractivity contribution is -0.117. The van der Waals surface area contributed by atoms with Crippen molar-refractivity contribution < 1.29 is 4.79 Å². The van der Waals surface area contributed by atoms with Gasteiger partial charge < -0.3 is 10.6 Å². The zero-order valence-corrected chi connectivity index (χ0v) is 12.0. The third kappa shape index (κ3) is 1.93. The number of thioether (sulfide) groups is 1. The average molecular weight is 295 g/mol. The van der Waals surface area contributed by atoms with Gasteiger partial charge in [-0.2, -0.15) is 0 Å². The monoisotopic (exact) mass is 295 g/mol. The summed E-state index contributed by atoms with van der Waals surface area (Å²) in [5.41, 5.74) is 2.90. The molecule has 2 aliphatic rings. The molecule has 0 saturated heterocycles. The van der Waals surface area contributed by atoms with Crippen molar-refractivity contribution in [3.8, 4) is 0 Å². The molecule has 0 radical (unpaired) electrons. The fraction of sp³-hybridized carbons (Fsp3) is 0.125. The van der Waals surface area contributed by atoms with Crippen LogP contribution in [0.5, 0.6) is 0 Å². The standard InChI is InChI=1S/C16H13N3OS/c20-14-16(12-8-4-5-9-13(12)19-14)10-17-15(21-16)18-11-6-2-1-3-7-11/h1-9H,10H2,(H,17,18)(H,19,20)/t16-/m1/s1.